The Labute approximate surface area is 103 Å². The highest BCUT2D eigenvalue weighted by Crippen LogP contribution is 2.24. The van der Waals surface area contributed by atoms with Crippen LogP contribution in [0.4, 0.5) is 0 Å². The van der Waals surface area contributed by atoms with E-state index in [2.05, 4.69) is 34.7 Å². The molecule has 0 saturated heterocycles. The second-order valence-electron chi connectivity index (χ2n) is 5.32. The molecule has 1 aliphatic carbocycles. The van der Waals surface area contributed by atoms with Crippen LogP contribution < -0.4 is 5.32 Å². The molecule has 1 fully saturated rings. The van der Waals surface area contributed by atoms with E-state index in [0.717, 1.165) is 24.8 Å². The highest BCUT2D eigenvalue weighted by molar-refractivity contribution is 4.81. The van der Waals surface area contributed by atoms with E-state index in [1.807, 2.05) is 4.68 Å². The van der Waals surface area contributed by atoms with Crippen molar-refractivity contribution in [2.45, 2.75) is 65.1 Å². The molecule has 0 aliphatic heterocycles. The number of aromatic nitrogens is 4. The van der Waals surface area contributed by atoms with Gasteiger partial charge in [0.1, 0.15) is 0 Å². The minimum absolute atomic E-state index is 0.467. The zero-order valence-corrected chi connectivity index (χ0v) is 10.9. The van der Waals surface area contributed by atoms with Gasteiger partial charge < -0.3 is 5.32 Å². The Hall–Kier alpha value is -0.970. The molecular formula is C12H23N5. The highest BCUT2D eigenvalue weighted by atomic mass is 15.5. The molecule has 1 N–H and O–H groups in total. The van der Waals surface area contributed by atoms with Crippen molar-refractivity contribution in [3.63, 3.8) is 0 Å². The van der Waals surface area contributed by atoms with E-state index in [4.69, 9.17) is 0 Å². The van der Waals surface area contributed by atoms with Crippen LogP contribution in [0.3, 0.4) is 0 Å². The Morgan fingerprint density at radius 2 is 2.06 bits per heavy atom. The van der Waals surface area contributed by atoms with Crippen LogP contribution in [0.2, 0.25) is 0 Å². The summed E-state index contributed by atoms with van der Waals surface area (Å²) in [4.78, 5) is 0. The first-order valence-corrected chi connectivity index (χ1v) is 6.74. The van der Waals surface area contributed by atoms with Crippen LogP contribution in [-0.4, -0.2) is 26.2 Å². The molecule has 0 unspecified atom stereocenters. The van der Waals surface area contributed by atoms with Crippen LogP contribution in [0.25, 0.3) is 0 Å². The van der Waals surface area contributed by atoms with Gasteiger partial charge in [-0.15, -0.1) is 5.10 Å². The molecule has 2 rings (SSSR count). The van der Waals surface area contributed by atoms with Gasteiger partial charge in [-0.1, -0.05) is 33.1 Å². The van der Waals surface area contributed by atoms with Crippen molar-refractivity contribution in [3.8, 4) is 0 Å². The number of hydrogen-bond acceptors (Lipinski definition) is 4. The van der Waals surface area contributed by atoms with Gasteiger partial charge in [0.05, 0.1) is 6.54 Å². The number of rotatable bonds is 5. The third-order valence-corrected chi connectivity index (χ3v) is 3.43. The second-order valence-corrected chi connectivity index (χ2v) is 5.32. The van der Waals surface area contributed by atoms with Crippen LogP contribution in [0.5, 0.6) is 0 Å². The molecule has 1 aromatic rings. The van der Waals surface area contributed by atoms with Gasteiger partial charge in [-0.3, -0.25) is 0 Å². The predicted molar refractivity (Wildman–Crippen MR) is 66.4 cm³/mol. The van der Waals surface area contributed by atoms with Crippen LogP contribution >= 0.6 is 0 Å². The van der Waals surface area contributed by atoms with Crippen molar-refractivity contribution in [1.82, 2.24) is 25.5 Å². The molecule has 0 bridgehead atoms. The lowest BCUT2D eigenvalue weighted by atomic mass is 9.89. The summed E-state index contributed by atoms with van der Waals surface area (Å²) in [5.74, 6) is 1.73. The molecule has 5 nitrogen and oxygen atoms in total. The Morgan fingerprint density at radius 3 is 2.76 bits per heavy atom. The first-order valence-electron chi connectivity index (χ1n) is 6.74. The smallest absolute Gasteiger partial charge is 0.165 e. The Morgan fingerprint density at radius 1 is 1.29 bits per heavy atom. The SMILES string of the molecule is CC(C)NCc1nnnn1CC1CCCCC1. The fourth-order valence-electron chi connectivity index (χ4n) is 2.40. The average Bonchev–Trinajstić information content (AvgIpc) is 2.75. The van der Waals surface area contributed by atoms with Gasteiger partial charge in [-0.25, -0.2) is 4.68 Å². The van der Waals surface area contributed by atoms with Gasteiger partial charge in [0.15, 0.2) is 5.82 Å². The van der Waals surface area contributed by atoms with Gasteiger partial charge in [0, 0.05) is 12.6 Å². The van der Waals surface area contributed by atoms with Crippen LogP contribution in [0, 0.1) is 5.92 Å². The molecule has 0 spiro atoms. The summed E-state index contributed by atoms with van der Waals surface area (Å²) in [6, 6.07) is 0.467. The quantitative estimate of drug-likeness (QED) is 0.847. The van der Waals surface area contributed by atoms with E-state index in [0.29, 0.717) is 6.04 Å². The van der Waals surface area contributed by atoms with E-state index in [9.17, 15) is 0 Å². The molecule has 0 radical (unpaired) electrons. The fourth-order valence-corrected chi connectivity index (χ4v) is 2.40. The third kappa shape index (κ3) is 3.77. The Balaban J connectivity index is 1.88. The number of nitrogens with one attached hydrogen (secondary N) is 1. The van der Waals surface area contributed by atoms with Crippen molar-refractivity contribution in [2.24, 2.45) is 5.92 Å². The molecule has 5 heteroatoms. The van der Waals surface area contributed by atoms with E-state index in [1.165, 1.54) is 32.1 Å². The van der Waals surface area contributed by atoms with Gasteiger partial charge in [-0.05, 0) is 29.2 Å². The largest absolute Gasteiger partial charge is 0.308 e. The van der Waals surface area contributed by atoms with E-state index < -0.39 is 0 Å². The van der Waals surface area contributed by atoms with E-state index >= 15 is 0 Å². The summed E-state index contributed by atoms with van der Waals surface area (Å²) in [6.45, 7) is 6.02. The summed E-state index contributed by atoms with van der Waals surface area (Å²) < 4.78 is 1.98. The molecule has 0 amide bonds. The molecule has 96 valence electrons. The molecule has 0 atom stereocenters. The standard InChI is InChI=1S/C12H23N5/c1-10(2)13-8-12-14-15-16-17(12)9-11-6-4-3-5-7-11/h10-11,13H,3-9H2,1-2H3. The summed E-state index contributed by atoms with van der Waals surface area (Å²) in [5.41, 5.74) is 0. The van der Waals surface area contributed by atoms with Crippen LogP contribution in [0.15, 0.2) is 0 Å². The van der Waals surface area contributed by atoms with Crippen LogP contribution in [-0.2, 0) is 13.1 Å². The Bertz CT molecular complexity index is 327. The van der Waals surface area contributed by atoms with Gasteiger partial charge in [0.2, 0.25) is 0 Å². The predicted octanol–water partition coefficient (Wildman–Crippen LogP) is 1.75. The lowest BCUT2D eigenvalue weighted by Gasteiger charge is -2.21. The number of nitrogens with zero attached hydrogens (tertiary/aromatic N) is 4. The fraction of sp³-hybridized carbons (Fsp3) is 0.917. The molecule has 1 heterocycles. The molecule has 1 aliphatic rings. The lowest BCUT2D eigenvalue weighted by molar-refractivity contribution is 0.300. The monoisotopic (exact) mass is 237 g/mol. The molecule has 1 aromatic heterocycles. The zero-order chi connectivity index (χ0) is 12.1. The molecule has 17 heavy (non-hydrogen) atoms. The van der Waals surface area contributed by atoms with Crippen molar-refractivity contribution >= 4 is 0 Å². The van der Waals surface area contributed by atoms with Crippen LogP contribution in [0.1, 0.15) is 51.8 Å². The molecular weight excluding hydrogens is 214 g/mol. The van der Waals surface area contributed by atoms with Crippen molar-refractivity contribution < 1.29 is 0 Å². The number of tetrazole rings is 1. The normalized spacial score (nSPS) is 17.8. The average molecular weight is 237 g/mol. The van der Waals surface area contributed by atoms with Gasteiger partial charge in [-0.2, -0.15) is 0 Å². The third-order valence-electron chi connectivity index (χ3n) is 3.43. The molecule has 1 saturated carbocycles. The maximum atomic E-state index is 4.10. The van der Waals surface area contributed by atoms with Crippen molar-refractivity contribution in [2.75, 3.05) is 0 Å². The summed E-state index contributed by atoms with van der Waals surface area (Å²) in [5, 5.41) is 15.3. The lowest BCUT2D eigenvalue weighted by Crippen LogP contribution is -2.25. The second kappa shape index (κ2) is 6.10. The van der Waals surface area contributed by atoms with Gasteiger partial charge >= 0.3 is 0 Å². The maximum absolute atomic E-state index is 4.10. The van der Waals surface area contributed by atoms with Crippen molar-refractivity contribution in [3.05, 3.63) is 5.82 Å². The topological polar surface area (TPSA) is 55.6 Å². The minimum Gasteiger partial charge on any atom is -0.308 e. The highest BCUT2D eigenvalue weighted by Gasteiger charge is 2.16. The minimum atomic E-state index is 0.467. The maximum Gasteiger partial charge on any atom is 0.165 e. The number of hydrogen-bond donors (Lipinski definition) is 1. The van der Waals surface area contributed by atoms with Gasteiger partial charge in [0.25, 0.3) is 0 Å². The first kappa shape index (κ1) is 12.5. The summed E-state index contributed by atoms with van der Waals surface area (Å²) >= 11 is 0. The summed E-state index contributed by atoms with van der Waals surface area (Å²) in [7, 11) is 0. The van der Waals surface area contributed by atoms with Crippen molar-refractivity contribution in [1.29, 1.82) is 0 Å². The van der Waals surface area contributed by atoms with E-state index in [-0.39, 0.29) is 0 Å². The summed E-state index contributed by atoms with van der Waals surface area (Å²) in [6.07, 6.45) is 6.79. The van der Waals surface area contributed by atoms with E-state index in [1.54, 1.807) is 0 Å². The zero-order valence-electron chi connectivity index (χ0n) is 10.9. The molecule has 0 aromatic carbocycles. The first-order chi connectivity index (χ1) is 8.25. The Kier molecular flexibility index (Phi) is 4.48.